The van der Waals surface area contributed by atoms with Crippen molar-refractivity contribution in [2.24, 2.45) is 0 Å². The van der Waals surface area contributed by atoms with Crippen molar-refractivity contribution in [2.75, 3.05) is 18.4 Å². The van der Waals surface area contributed by atoms with Crippen molar-refractivity contribution in [1.29, 1.82) is 0 Å². The number of pyridine rings is 1. The molecule has 1 N–H and O–H groups in total. The largest absolute Gasteiger partial charge is 0.367 e. The second-order valence-corrected chi connectivity index (χ2v) is 7.09. The lowest BCUT2D eigenvalue weighted by Crippen LogP contribution is -2.39. The number of piperidine rings is 1. The van der Waals surface area contributed by atoms with Gasteiger partial charge in [0.05, 0.1) is 10.6 Å². The molecule has 2 aromatic rings. The van der Waals surface area contributed by atoms with Gasteiger partial charge in [0, 0.05) is 42.8 Å². The molecular weight excluding hydrogens is 308 g/mol. The van der Waals surface area contributed by atoms with Gasteiger partial charge in [-0.15, -0.1) is 11.3 Å². The molecule has 0 aliphatic carbocycles. The van der Waals surface area contributed by atoms with Crippen LogP contribution in [0.5, 0.6) is 0 Å². The number of aromatic nitrogens is 2. The summed E-state index contributed by atoms with van der Waals surface area (Å²) in [5.74, 6) is 1.08. The zero-order chi connectivity index (χ0) is 16.2. The van der Waals surface area contributed by atoms with Crippen molar-refractivity contribution in [2.45, 2.75) is 38.6 Å². The summed E-state index contributed by atoms with van der Waals surface area (Å²) >= 11 is 1.68. The van der Waals surface area contributed by atoms with Crippen LogP contribution in [-0.4, -0.2) is 39.9 Å². The molecule has 5 nitrogen and oxygen atoms in total. The minimum absolute atomic E-state index is 0.0579. The number of anilines is 1. The third-order valence-corrected chi connectivity index (χ3v) is 4.91. The van der Waals surface area contributed by atoms with E-state index in [-0.39, 0.29) is 11.9 Å². The van der Waals surface area contributed by atoms with Gasteiger partial charge < -0.3 is 10.2 Å². The van der Waals surface area contributed by atoms with E-state index in [9.17, 15) is 4.79 Å². The smallest absolute Gasteiger partial charge is 0.257 e. The highest BCUT2D eigenvalue weighted by Crippen LogP contribution is 2.29. The Labute approximate surface area is 140 Å². The molecule has 6 heteroatoms. The number of nitrogens with zero attached hydrogens (tertiary/aromatic N) is 3. The van der Waals surface area contributed by atoms with Crippen LogP contribution in [0.25, 0.3) is 0 Å². The number of carbonyl (C=O) groups excluding carboxylic acids is 1. The van der Waals surface area contributed by atoms with E-state index < -0.39 is 0 Å². The number of likely N-dealkylation sites (tertiary alicyclic amines) is 1. The van der Waals surface area contributed by atoms with Gasteiger partial charge >= 0.3 is 0 Å². The van der Waals surface area contributed by atoms with Crippen LogP contribution in [0, 0.1) is 0 Å². The van der Waals surface area contributed by atoms with Crippen LogP contribution in [0.4, 0.5) is 5.82 Å². The zero-order valence-corrected chi connectivity index (χ0v) is 14.3. The predicted octanol–water partition coefficient (Wildman–Crippen LogP) is 3.38. The standard InChI is InChI=1S/C17H22N4OS/c1-12(2)20-15-14(6-3-7-18-15)17(22)21-9-4-5-13(11-21)16-19-8-10-23-16/h3,6-8,10,12-13H,4-5,9,11H2,1-2H3,(H,18,20)/t13-/m1/s1. The molecule has 1 saturated heterocycles. The van der Waals surface area contributed by atoms with Gasteiger partial charge in [-0.2, -0.15) is 0 Å². The van der Waals surface area contributed by atoms with E-state index in [0.717, 1.165) is 30.9 Å². The lowest BCUT2D eigenvalue weighted by Gasteiger charge is -2.32. The first-order chi connectivity index (χ1) is 11.1. The van der Waals surface area contributed by atoms with E-state index in [1.165, 1.54) is 0 Å². The van der Waals surface area contributed by atoms with E-state index >= 15 is 0 Å². The number of hydrogen-bond acceptors (Lipinski definition) is 5. The Morgan fingerprint density at radius 2 is 2.26 bits per heavy atom. The quantitative estimate of drug-likeness (QED) is 0.934. The number of amides is 1. The van der Waals surface area contributed by atoms with E-state index in [4.69, 9.17) is 0 Å². The van der Waals surface area contributed by atoms with Gasteiger partial charge in [-0.3, -0.25) is 4.79 Å². The fourth-order valence-electron chi connectivity index (χ4n) is 2.94. The van der Waals surface area contributed by atoms with Gasteiger partial charge in [0.1, 0.15) is 5.82 Å². The Morgan fingerprint density at radius 3 is 3.00 bits per heavy atom. The minimum atomic E-state index is 0.0579. The first-order valence-electron chi connectivity index (χ1n) is 8.05. The fraction of sp³-hybridized carbons (Fsp3) is 0.471. The number of rotatable bonds is 4. The predicted molar refractivity (Wildman–Crippen MR) is 93.0 cm³/mol. The second kappa shape index (κ2) is 7.08. The van der Waals surface area contributed by atoms with Crippen molar-refractivity contribution >= 4 is 23.1 Å². The van der Waals surface area contributed by atoms with Crippen LogP contribution in [0.3, 0.4) is 0 Å². The van der Waals surface area contributed by atoms with Crippen LogP contribution >= 0.6 is 11.3 Å². The Kier molecular flexibility index (Phi) is 4.91. The summed E-state index contributed by atoms with van der Waals surface area (Å²) in [6.45, 7) is 5.63. The lowest BCUT2D eigenvalue weighted by molar-refractivity contribution is 0.0707. The van der Waals surface area contributed by atoms with Crippen LogP contribution in [0.1, 0.15) is 48.0 Å². The number of nitrogens with one attached hydrogen (secondary N) is 1. The van der Waals surface area contributed by atoms with E-state index in [2.05, 4.69) is 15.3 Å². The Hall–Kier alpha value is -1.95. The summed E-state index contributed by atoms with van der Waals surface area (Å²) in [6.07, 6.45) is 5.67. The zero-order valence-electron chi connectivity index (χ0n) is 13.5. The van der Waals surface area contributed by atoms with Gasteiger partial charge in [-0.05, 0) is 38.8 Å². The summed E-state index contributed by atoms with van der Waals surface area (Å²) in [7, 11) is 0. The molecule has 3 rings (SSSR count). The molecule has 23 heavy (non-hydrogen) atoms. The molecule has 2 aromatic heterocycles. The molecule has 1 aliphatic rings. The highest BCUT2D eigenvalue weighted by atomic mass is 32.1. The van der Waals surface area contributed by atoms with Crippen LogP contribution in [0.15, 0.2) is 29.9 Å². The van der Waals surface area contributed by atoms with Crippen molar-refractivity contribution in [3.63, 3.8) is 0 Å². The van der Waals surface area contributed by atoms with Crippen molar-refractivity contribution in [1.82, 2.24) is 14.9 Å². The molecule has 0 radical (unpaired) electrons. The van der Waals surface area contributed by atoms with Gasteiger partial charge in [0.15, 0.2) is 0 Å². The summed E-state index contributed by atoms with van der Waals surface area (Å²) in [4.78, 5) is 23.6. The van der Waals surface area contributed by atoms with Gasteiger partial charge in [-0.25, -0.2) is 9.97 Å². The topological polar surface area (TPSA) is 58.1 Å². The highest BCUT2D eigenvalue weighted by Gasteiger charge is 2.28. The molecule has 0 spiro atoms. The summed E-state index contributed by atoms with van der Waals surface area (Å²) in [6, 6.07) is 3.91. The molecule has 0 saturated carbocycles. The van der Waals surface area contributed by atoms with E-state index in [1.807, 2.05) is 42.5 Å². The van der Waals surface area contributed by atoms with Crippen LogP contribution in [0.2, 0.25) is 0 Å². The molecule has 3 heterocycles. The third kappa shape index (κ3) is 3.69. The van der Waals surface area contributed by atoms with Gasteiger partial charge in [-0.1, -0.05) is 0 Å². The molecule has 0 unspecified atom stereocenters. The maximum Gasteiger partial charge on any atom is 0.257 e. The first-order valence-corrected chi connectivity index (χ1v) is 8.93. The Balaban J connectivity index is 1.77. The molecule has 1 aliphatic heterocycles. The fourth-order valence-corrected chi connectivity index (χ4v) is 3.70. The number of hydrogen-bond donors (Lipinski definition) is 1. The molecule has 122 valence electrons. The molecule has 0 bridgehead atoms. The van der Waals surface area contributed by atoms with Crippen LogP contribution < -0.4 is 5.32 Å². The van der Waals surface area contributed by atoms with Crippen LogP contribution in [-0.2, 0) is 0 Å². The highest BCUT2D eigenvalue weighted by molar-refractivity contribution is 7.09. The second-order valence-electron chi connectivity index (χ2n) is 6.16. The average molecular weight is 330 g/mol. The third-order valence-electron chi connectivity index (χ3n) is 3.97. The molecule has 1 atom stereocenters. The molecule has 1 fully saturated rings. The van der Waals surface area contributed by atoms with E-state index in [1.54, 1.807) is 17.5 Å². The molecular formula is C17H22N4OS. The number of carbonyl (C=O) groups is 1. The Morgan fingerprint density at radius 1 is 1.39 bits per heavy atom. The van der Waals surface area contributed by atoms with Crippen molar-refractivity contribution in [3.05, 3.63) is 40.5 Å². The van der Waals surface area contributed by atoms with Gasteiger partial charge in [0.25, 0.3) is 5.91 Å². The maximum atomic E-state index is 12.9. The minimum Gasteiger partial charge on any atom is -0.367 e. The molecule has 0 aromatic carbocycles. The summed E-state index contributed by atoms with van der Waals surface area (Å²) < 4.78 is 0. The van der Waals surface area contributed by atoms with Crippen molar-refractivity contribution in [3.8, 4) is 0 Å². The summed E-state index contributed by atoms with van der Waals surface area (Å²) in [5, 5.41) is 6.40. The normalized spacial score (nSPS) is 18.2. The SMILES string of the molecule is CC(C)Nc1ncccc1C(=O)N1CCC[C@@H](c2nccs2)C1. The average Bonchev–Trinajstić information content (AvgIpc) is 3.09. The Bertz CT molecular complexity index is 656. The maximum absolute atomic E-state index is 12.9. The van der Waals surface area contributed by atoms with Crippen molar-refractivity contribution < 1.29 is 4.79 Å². The summed E-state index contributed by atoms with van der Waals surface area (Å²) in [5.41, 5.74) is 0.654. The van der Waals surface area contributed by atoms with Gasteiger partial charge in [0.2, 0.25) is 0 Å². The lowest BCUT2D eigenvalue weighted by atomic mass is 9.98. The monoisotopic (exact) mass is 330 g/mol. The number of thiazole rings is 1. The first kappa shape index (κ1) is 15.9. The van der Waals surface area contributed by atoms with E-state index in [0.29, 0.717) is 17.3 Å². The molecule has 1 amide bonds.